The topological polar surface area (TPSA) is 80.2 Å². The largest absolute Gasteiger partial charge is 0.350 e. The number of aryl methyl sites for hydroxylation is 1. The molecule has 25 heavy (non-hydrogen) atoms. The number of sulfonamides is 1. The summed E-state index contributed by atoms with van der Waals surface area (Å²) in [6.07, 6.45) is 1.87. The van der Waals surface area contributed by atoms with Gasteiger partial charge >= 0.3 is 0 Å². The number of fused-ring (bicyclic) bond motifs is 1. The summed E-state index contributed by atoms with van der Waals surface area (Å²) in [5.74, 6) is -0.214. The summed E-state index contributed by atoms with van der Waals surface area (Å²) in [5.41, 5.74) is 1.95. The molecule has 0 saturated carbocycles. The molecular weight excluding hydrogens is 406 g/mol. The van der Waals surface area contributed by atoms with Crippen molar-refractivity contribution in [2.45, 2.75) is 11.8 Å². The van der Waals surface area contributed by atoms with E-state index < -0.39 is 10.0 Å². The van der Waals surface area contributed by atoms with Crippen LogP contribution in [0.25, 0.3) is 10.9 Å². The molecule has 0 saturated heterocycles. The lowest BCUT2D eigenvalue weighted by Gasteiger charge is -2.11. The van der Waals surface area contributed by atoms with Crippen LogP contribution in [0.3, 0.4) is 0 Å². The summed E-state index contributed by atoms with van der Waals surface area (Å²) in [4.78, 5) is 11.2. The van der Waals surface area contributed by atoms with Crippen LogP contribution in [0, 0.1) is 0 Å². The first-order chi connectivity index (χ1) is 11.8. The van der Waals surface area contributed by atoms with Crippen molar-refractivity contribution < 1.29 is 13.2 Å². The highest BCUT2D eigenvalue weighted by atomic mass is 79.9. The average Bonchev–Trinajstić information content (AvgIpc) is 2.88. The first-order valence-electron chi connectivity index (χ1n) is 7.41. The average molecular weight is 422 g/mol. The monoisotopic (exact) mass is 421 g/mol. The minimum absolute atomic E-state index is 0.116. The SMILES string of the molecule is CC(=O)Nc1ccc(S(=O)(=O)Nc2cc(Br)cc3c2ccn3C)cc1. The Hall–Kier alpha value is -2.32. The summed E-state index contributed by atoms with van der Waals surface area (Å²) in [5, 5.41) is 3.41. The lowest BCUT2D eigenvalue weighted by atomic mass is 10.2. The van der Waals surface area contributed by atoms with E-state index in [-0.39, 0.29) is 10.8 Å². The second-order valence-electron chi connectivity index (χ2n) is 5.62. The van der Waals surface area contributed by atoms with E-state index in [1.807, 2.05) is 29.9 Å². The number of halogens is 1. The summed E-state index contributed by atoms with van der Waals surface area (Å²) in [7, 11) is -1.85. The highest BCUT2D eigenvalue weighted by Gasteiger charge is 2.17. The summed E-state index contributed by atoms with van der Waals surface area (Å²) >= 11 is 3.41. The van der Waals surface area contributed by atoms with Gasteiger partial charge in [0.1, 0.15) is 0 Å². The molecule has 0 fully saturated rings. The smallest absolute Gasteiger partial charge is 0.261 e. The van der Waals surface area contributed by atoms with Gasteiger partial charge in [-0.1, -0.05) is 15.9 Å². The molecule has 3 rings (SSSR count). The molecule has 3 aromatic rings. The molecule has 1 heterocycles. The van der Waals surface area contributed by atoms with E-state index in [2.05, 4.69) is 26.0 Å². The first-order valence-corrected chi connectivity index (χ1v) is 9.69. The molecule has 0 aliphatic heterocycles. The quantitative estimate of drug-likeness (QED) is 0.673. The third-order valence-corrected chi connectivity index (χ3v) is 5.54. The van der Waals surface area contributed by atoms with Crippen molar-refractivity contribution in [2.24, 2.45) is 7.05 Å². The number of carbonyl (C=O) groups is 1. The van der Waals surface area contributed by atoms with Crippen LogP contribution in [0.4, 0.5) is 11.4 Å². The van der Waals surface area contributed by atoms with Crippen molar-refractivity contribution in [1.29, 1.82) is 0 Å². The number of nitrogens with one attached hydrogen (secondary N) is 2. The van der Waals surface area contributed by atoms with Gasteiger partial charge < -0.3 is 9.88 Å². The number of hydrogen-bond donors (Lipinski definition) is 2. The number of aromatic nitrogens is 1. The molecule has 0 radical (unpaired) electrons. The molecule has 130 valence electrons. The molecule has 0 atom stereocenters. The van der Waals surface area contributed by atoms with Crippen LogP contribution in [0.2, 0.25) is 0 Å². The van der Waals surface area contributed by atoms with Gasteiger partial charge in [-0.25, -0.2) is 8.42 Å². The fraction of sp³-hybridized carbons (Fsp3) is 0.118. The number of benzene rings is 2. The standard InChI is InChI=1S/C17H16BrN3O3S/c1-11(22)19-13-3-5-14(6-4-13)25(23,24)20-16-9-12(18)10-17-15(16)7-8-21(17)2/h3-10,20H,1-2H3,(H,19,22). The third-order valence-electron chi connectivity index (χ3n) is 3.70. The van der Waals surface area contributed by atoms with Crippen molar-refractivity contribution in [1.82, 2.24) is 4.57 Å². The van der Waals surface area contributed by atoms with Crippen LogP contribution < -0.4 is 10.0 Å². The van der Waals surface area contributed by atoms with E-state index in [4.69, 9.17) is 0 Å². The number of hydrogen-bond acceptors (Lipinski definition) is 3. The van der Waals surface area contributed by atoms with Gasteiger partial charge in [-0.15, -0.1) is 0 Å². The lowest BCUT2D eigenvalue weighted by molar-refractivity contribution is -0.114. The summed E-state index contributed by atoms with van der Waals surface area (Å²) < 4.78 is 30.7. The minimum atomic E-state index is -3.75. The van der Waals surface area contributed by atoms with E-state index in [0.717, 1.165) is 15.4 Å². The van der Waals surface area contributed by atoms with Gasteiger partial charge in [-0.05, 0) is 42.5 Å². The molecule has 0 unspecified atom stereocenters. The van der Waals surface area contributed by atoms with Crippen LogP contribution in [-0.2, 0) is 21.9 Å². The van der Waals surface area contributed by atoms with Crippen molar-refractivity contribution in [3.05, 3.63) is 53.1 Å². The van der Waals surface area contributed by atoms with E-state index >= 15 is 0 Å². The van der Waals surface area contributed by atoms with Crippen LogP contribution >= 0.6 is 15.9 Å². The molecule has 2 aromatic carbocycles. The number of nitrogens with zero attached hydrogens (tertiary/aromatic N) is 1. The highest BCUT2D eigenvalue weighted by molar-refractivity contribution is 9.10. The van der Waals surface area contributed by atoms with Gasteiger partial charge in [0.2, 0.25) is 5.91 Å². The number of amides is 1. The number of anilines is 2. The maximum absolute atomic E-state index is 12.7. The van der Waals surface area contributed by atoms with E-state index in [0.29, 0.717) is 11.4 Å². The van der Waals surface area contributed by atoms with Gasteiger partial charge in [0.25, 0.3) is 10.0 Å². The van der Waals surface area contributed by atoms with Crippen molar-refractivity contribution in [2.75, 3.05) is 10.0 Å². The van der Waals surface area contributed by atoms with Gasteiger partial charge in [-0.2, -0.15) is 0 Å². The molecule has 1 aromatic heterocycles. The molecule has 0 spiro atoms. The highest BCUT2D eigenvalue weighted by Crippen LogP contribution is 2.30. The zero-order valence-corrected chi connectivity index (χ0v) is 16.0. The Morgan fingerprint density at radius 2 is 1.80 bits per heavy atom. The van der Waals surface area contributed by atoms with E-state index in [1.165, 1.54) is 19.1 Å². The normalized spacial score (nSPS) is 11.5. The lowest BCUT2D eigenvalue weighted by Crippen LogP contribution is -2.13. The molecule has 0 aliphatic rings. The molecule has 2 N–H and O–H groups in total. The minimum Gasteiger partial charge on any atom is -0.350 e. The fourth-order valence-electron chi connectivity index (χ4n) is 2.55. The zero-order chi connectivity index (χ0) is 18.2. The molecule has 6 nitrogen and oxygen atoms in total. The van der Waals surface area contributed by atoms with Gasteiger partial charge in [0, 0.05) is 35.7 Å². The predicted octanol–water partition coefficient (Wildman–Crippen LogP) is 3.70. The maximum atomic E-state index is 12.7. The maximum Gasteiger partial charge on any atom is 0.261 e. The Morgan fingerprint density at radius 1 is 1.12 bits per heavy atom. The number of rotatable bonds is 4. The first kappa shape index (κ1) is 17.5. The molecule has 0 aliphatic carbocycles. The van der Waals surface area contributed by atoms with Crippen molar-refractivity contribution in [3.8, 4) is 0 Å². The summed E-state index contributed by atoms with van der Waals surface area (Å²) in [6.45, 7) is 1.39. The Morgan fingerprint density at radius 3 is 2.44 bits per heavy atom. The Balaban J connectivity index is 1.95. The predicted molar refractivity (Wildman–Crippen MR) is 102 cm³/mol. The van der Waals surface area contributed by atoms with Gasteiger partial charge in [0.15, 0.2) is 0 Å². The van der Waals surface area contributed by atoms with Gasteiger partial charge in [0.05, 0.1) is 16.1 Å². The second kappa shape index (κ2) is 6.53. The molecular formula is C17H16BrN3O3S. The fourth-order valence-corrected chi connectivity index (χ4v) is 4.06. The van der Waals surface area contributed by atoms with Gasteiger partial charge in [-0.3, -0.25) is 9.52 Å². The van der Waals surface area contributed by atoms with Crippen molar-refractivity contribution in [3.63, 3.8) is 0 Å². The van der Waals surface area contributed by atoms with Crippen LogP contribution in [0.1, 0.15) is 6.92 Å². The molecule has 1 amide bonds. The molecule has 8 heteroatoms. The molecule has 0 bridgehead atoms. The number of carbonyl (C=O) groups excluding carboxylic acids is 1. The Bertz CT molecular complexity index is 1060. The van der Waals surface area contributed by atoms with E-state index in [1.54, 1.807) is 18.2 Å². The Kier molecular flexibility index (Phi) is 4.57. The zero-order valence-electron chi connectivity index (χ0n) is 13.6. The second-order valence-corrected chi connectivity index (χ2v) is 8.22. The van der Waals surface area contributed by atoms with Crippen LogP contribution in [0.5, 0.6) is 0 Å². The third kappa shape index (κ3) is 3.69. The van der Waals surface area contributed by atoms with Crippen LogP contribution in [0.15, 0.2) is 58.0 Å². The summed E-state index contributed by atoms with van der Waals surface area (Å²) in [6, 6.07) is 11.5. The van der Waals surface area contributed by atoms with Crippen LogP contribution in [-0.4, -0.2) is 18.9 Å². The van der Waals surface area contributed by atoms with E-state index in [9.17, 15) is 13.2 Å². The van der Waals surface area contributed by atoms with Crippen molar-refractivity contribution >= 4 is 54.1 Å². The Labute approximate surface area is 154 Å².